The lowest BCUT2D eigenvalue weighted by Crippen LogP contribution is -2.52. The third-order valence-electron chi connectivity index (χ3n) is 3.99. The molecule has 3 heterocycles. The van der Waals surface area contributed by atoms with Crippen LogP contribution in [0.1, 0.15) is 26.0 Å². The van der Waals surface area contributed by atoms with Gasteiger partial charge in [0.2, 0.25) is 5.91 Å². The third-order valence-corrected chi connectivity index (χ3v) is 4.90. The van der Waals surface area contributed by atoms with Crippen LogP contribution in [0.2, 0.25) is 0 Å². The Balaban J connectivity index is 1.60. The van der Waals surface area contributed by atoms with Gasteiger partial charge in [0.1, 0.15) is 5.01 Å². The van der Waals surface area contributed by atoms with Gasteiger partial charge in [-0.3, -0.25) is 9.78 Å². The number of aryl methyl sites for hydroxylation is 1. The molecule has 0 bridgehead atoms. The molecule has 3 rings (SSSR count). The van der Waals surface area contributed by atoms with Crippen molar-refractivity contribution in [3.8, 4) is 10.7 Å². The molecule has 6 heteroatoms. The summed E-state index contributed by atoms with van der Waals surface area (Å²) < 4.78 is 5.48. The van der Waals surface area contributed by atoms with Crippen molar-refractivity contribution < 1.29 is 9.53 Å². The first-order valence-corrected chi connectivity index (χ1v) is 8.78. The lowest BCUT2D eigenvalue weighted by atomic mass is 10.1. The largest absolute Gasteiger partial charge is 0.377 e. The summed E-state index contributed by atoms with van der Waals surface area (Å²) in [4.78, 5) is 23.4. The van der Waals surface area contributed by atoms with E-state index < -0.39 is 0 Å². The fourth-order valence-corrected chi connectivity index (χ4v) is 3.72. The molecule has 1 fully saturated rings. The van der Waals surface area contributed by atoms with E-state index in [0.717, 1.165) is 16.4 Å². The van der Waals surface area contributed by atoms with E-state index in [4.69, 9.17) is 4.74 Å². The highest BCUT2D eigenvalue weighted by atomic mass is 32.1. The summed E-state index contributed by atoms with van der Waals surface area (Å²) in [7, 11) is 0. The molecule has 122 valence electrons. The van der Waals surface area contributed by atoms with Gasteiger partial charge in [0.25, 0.3) is 0 Å². The van der Waals surface area contributed by atoms with Crippen LogP contribution < -0.4 is 0 Å². The molecule has 0 spiro atoms. The van der Waals surface area contributed by atoms with Gasteiger partial charge in [0.15, 0.2) is 0 Å². The SMILES string of the molecule is CC1COCC(C)N1C(=O)CCc1csc(-c2ccccn2)n1. The molecular formula is C17H21N3O2S. The number of carbonyl (C=O) groups excluding carboxylic acids is 1. The molecule has 0 aliphatic carbocycles. The van der Waals surface area contributed by atoms with E-state index in [1.54, 1.807) is 17.5 Å². The highest BCUT2D eigenvalue weighted by Crippen LogP contribution is 2.22. The summed E-state index contributed by atoms with van der Waals surface area (Å²) in [6.07, 6.45) is 2.92. The summed E-state index contributed by atoms with van der Waals surface area (Å²) >= 11 is 1.57. The van der Waals surface area contributed by atoms with E-state index in [0.29, 0.717) is 26.1 Å². The van der Waals surface area contributed by atoms with Crippen molar-refractivity contribution in [3.63, 3.8) is 0 Å². The molecular weight excluding hydrogens is 310 g/mol. The molecule has 5 nitrogen and oxygen atoms in total. The minimum absolute atomic E-state index is 0.144. The fraction of sp³-hybridized carbons (Fsp3) is 0.471. The van der Waals surface area contributed by atoms with Crippen LogP contribution in [0.5, 0.6) is 0 Å². The Hall–Kier alpha value is -1.79. The maximum atomic E-state index is 12.5. The molecule has 0 N–H and O–H groups in total. The average Bonchev–Trinajstić information content (AvgIpc) is 3.02. The number of pyridine rings is 1. The van der Waals surface area contributed by atoms with E-state index in [9.17, 15) is 4.79 Å². The van der Waals surface area contributed by atoms with Gasteiger partial charge in [-0.05, 0) is 32.4 Å². The number of aromatic nitrogens is 2. The zero-order chi connectivity index (χ0) is 16.2. The van der Waals surface area contributed by atoms with Gasteiger partial charge in [0.05, 0.1) is 36.7 Å². The molecule has 1 amide bonds. The molecule has 2 aromatic rings. The molecule has 1 aliphatic rings. The van der Waals surface area contributed by atoms with Crippen molar-refractivity contribution in [1.29, 1.82) is 0 Å². The number of rotatable bonds is 4. The highest BCUT2D eigenvalue weighted by Gasteiger charge is 2.29. The Morgan fingerprint density at radius 1 is 1.35 bits per heavy atom. The lowest BCUT2D eigenvalue weighted by Gasteiger charge is -2.38. The maximum absolute atomic E-state index is 12.5. The zero-order valence-electron chi connectivity index (χ0n) is 13.4. The van der Waals surface area contributed by atoms with Gasteiger partial charge in [-0.15, -0.1) is 11.3 Å². The van der Waals surface area contributed by atoms with E-state index in [-0.39, 0.29) is 18.0 Å². The fourth-order valence-electron chi connectivity index (χ4n) is 2.89. The topological polar surface area (TPSA) is 55.3 Å². The van der Waals surface area contributed by atoms with E-state index in [1.165, 1.54) is 0 Å². The van der Waals surface area contributed by atoms with Crippen molar-refractivity contribution in [1.82, 2.24) is 14.9 Å². The summed E-state index contributed by atoms with van der Waals surface area (Å²) in [5, 5.41) is 2.92. The second-order valence-corrected chi connectivity index (χ2v) is 6.75. The third kappa shape index (κ3) is 3.76. The number of hydrogen-bond acceptors (Lipinski definition) is 5. The highest BCUT2D eigenvalue weighted by molar-refractivity contribution is 7.13. The first-order chi connectivity index (χ1) is 11.1. The van der Waals surface area contributed by atoms with Crippen LogP contribution in [0.15, 0.2) is 29.8 Å². The molecule has 2 aromatic heterocycles. The molecule has 2 atom stereocenters. The normalized spacial score (nSPS) is 21.4. The number of thiazole rings is 1. The standard InChI is InChI=1S/C17H21N3O2S/c1-12-9-22-10-13(2)20(12)16(21)7-6-14-11-23-17(19-14)15-5-3-4-8-18-15/h3-5,8,11-13H,6-7,9-10H2,1-2H3. The van der Waals surface area contributed by atoms with Crippen LogP contribution in [0.4, 0.5) is 0 Å². The Labute approximate surface area is 140 Å². The Bertz CT molecular complexity index is 649. The summed E-state index contributed by atoms with van der Waals surface area (Å²) in [6, 6.07) is 6.08. The Morgan fingerprint density at radius 2 is 2.13 bits per heavy atom. The Morgan fingerprint density at radius 3 is 2.83 bits per heavy atom. The predicted molar refractivity (Wildman–Crippen MR) is 90.3 cm³/mol. The molecule has 1 saturated heterocycles. The van der Waals surface area contributed by atoms with Crippen molar-refractivity contribution in [3.05, 3.63) is 35.5 Å². The summed E-state index contributed by atoms with van der Waals surface area (Å²) in [5.41, 5.74) is 1.84. The van der Waals surface area contributed by atoms with E-state index >= 15 is 0 Å². The van der Waals surface area contributed by atoms with Crippen LogP contribution >= 0.6 is 11.3 Å². The summed E-state index contributed by atoms with van der Waals surface area (Å²) in [6.45, 7) is 5.32. The second kappa shape index (κ2) is 7.19. The minimum atomic E-state index is 0.144. The lowest BCUT2D eigenvalue weighted by molar-refractivity contribution is -0.144. The number of nitrogens with zero attached hydrogens (tertiary/aromatic N) is 3. The number of carbonyl (C=O) groups is 1. The molecule has 1 aliphatic heterocycles. The van der Waals surface area contributed by atoms with E-state index in [1.807, 2.05) is 42.3 Å². The number of hydrogen-bond donors (Lipinski definition) is 0. The Kier molecular flexibility index (Phi) is 5.03. The van der Waals surface area contributed by atoms with Gasteiger partial charge in [-0.2, -0.15) is 0 Å². The van der Waals surface area contributed by atoms with Crippen LogP contribution in [-0.2, 0) is 16.0 Å². The van der Waals surface area contributed by atoms with Crippen molar-refractivity contribution >= 4 is 17.2 Å². The van der Waals surface area contributed by atoms with Crippen molar-refractivity contribution in [2.45, 2.75) is 38.8 Å². The van der Waals surface area contributed by atoms with Gasteiger partial charge < -0.3 is 9.64 Å². The summed E-state index contributed by atoms with van der Waals surface area (Å²) in [5.74, 6) is 0.181. The van der Waals surface area contributed by atoms with Crippen LogP contribution in [0.25, 0.3) is 10.7 Å². The molecule has 0 radical (unpaired) electrons. The first kappa shape index (κ1) is 16.1. The first-order valence-electron chi connectivity index (χ1n) is 7.90. The maximum Gasteiger partial charge on any atom is 0.223 e. The van der Waals surface area contributed by atoms with Crippen LogP contribution in [0.3, 0.4) is 0 Å². The van der Waals surface area contributed by atoms with E-state index in [2.05, 4.69) is 9.97 Å². The number of morpholine rings is 1. The number of ether oxygens (including phenoxy) is 1. The van der Waals surface area contributed by atoms with Gasteiger partial charge in [-0.25, -0.2) is 4.98 Å². The monoisotopic (exact) mass is 331 g/mol. The van der Waals surface area contributed by atoms with Crippen molar-refractivity contribution in [2.75, 3.05) is 13.2 Å². The average molecular weight is 331 g/mol. The van der Waals surface area contributed by atoms with Crippen LogP contribution in [0, 0.1) is 0 Å². The van der Waals surface area contributed by atoms with Crippen LogP contribution in [-0.4, -0.2) is 46.1 Å². The van der Waals surface area contributed by atoms with Gasteiger partial charge in [0, 0.05) is 18.0 Å². The molecule has 23 heavy (non-hydrogen) atoms. The second-order valence-electron chi connectivity index (χ2n) is 5.90. The zero-order valence-corrected chi connectivity index (χ0v) is 14.3. The number of amides is 1. The molecule has 0 aromatic carbocycles. The molecule has 0 saturated carbocycles. The van der Waals surface area contributed by atoms with Gasteiger partial charge in [-0.1, -0.05) is 6.07 Å². The molecule has 2 unspecified atom stereocenters. The smallest absolute Gasteiger partial charge is 0.223 e. The quantitative estimate of drug-likeness (QED) is 0.864. The van der Waals surface area contributed by atoms with Crippen molar-refractivity contribution in [2.24, 2.45) is 0 Å². The minimum Gasteiger partial charge on any atom is -0.377 e. The predicted octanol–water partition coefficient (Wildman–Crippen LogP) is 2.77. The van der Waals surface area contributed by atoms with Gasteiger partial charge >= 0.3 is 0 Å².